The van der Waals surface area contributed by atoms with Gasteiger partial charge in [-0.3, -0.25) is 14.4 Å². The van der Waals surface area contributed by atoms with Crippen LogP contribution in [0.1, 0.15) is 45.4 Å². The Labute approximate surface area is 308 Å². The van der Waals surface area contributed by atoms with Crippen molar-refractivity contribution in [2.75, 3.05) is 20.3 Å². The minimum atomic E-state index is -4.36. The van der Waals surface area contributed by atoms with Crippen LogP contribution in [0.25, 0.3) is 22.2 Å². The topological polar surface area (TPSA) is 153 Å². The monoisotopic (exact) mass is 738 g/mol. The van der Waals surface area contributed by atoms with E-state index in [-0.39, 0.29) is 35.9 Å². The van der Waals surface area contributed by atoms with Gasteiger partial charge in [0.25, 0.3) is 15.9 Å². The number of sulfonamides is 1. The SMILES string of the molecule is COc1ccc2c(O[C@@H]3C[C@@H](C(=O)N[C@]45C[C@H]4/C=C/CCCCCOc4ccccc4S(=O)(=O)NC5=O)N(C(C)=O)C3)cc(-c3ccccc3)nc2c1. The van der Waals surface area contributed by atoms with E-state index in [1.54, 1.807) is 25.3 Å². The molecular formula is C40H42N4O8S. The number of likely N-dealkylation sites (tertiary alicyclic amines) is 1. The van der Waals surface area contributed by atoms with E-state index in [9.17, 15) is 22.8 Å². The average molecular weight is 739 g/mol. The summed E-state index contributed by atoms with van der Waals surface area (Å²) >= 11 is 0. The van der Waals surface area contributed by atoms with Crippen LogP contribution in [0.15, 0.2) is 95.9 Å². The fraction of sp³-hybridized carbons (Fsp3) is 0.350. The van der Waals surface area contributed by atoms with Crippen LogP contribution in [0.2, 0.25) is 0 Å². The molecule has 3 aromatic carbocycles. The number of nitrogens with zero attached hydrogens (tertiary/aromatic N) is 2. The maximum atomic E-state index is 14.1. The van der Waals surface area contributed by atoms with E-state index >= 15 is 0 Å². The summed E-state index contributed by atoms with van der Waals surface area (Å²) < 4.78 is 47.2. The molecule has 2 aliphatic heterocycles. The van der Waals surface area contributed by atoms with E-state index in [0.717, 1.165) is 36.6 Å². The number of carbonyl (C=O) groups excluding carboxylic acids is 3. The van der Waals surface area contributed by atoms with E-state index in [1.165, 1.54) is 17.9 Å². The zero-order chi connectivity index (χ0) is 37.2. The number of fused-ring (bicyclic) bond motifs is 3. The van der Waals surface area contributed by atoms with E-state index in [1.807, 2.05) is 66.7 Å². The third-order valence-corrected chi connectivity index (χ3v) is 11.5. The molecule has 0 bridgehead atoms. The number of hydrogen-bond donors (Lipinski definition) is 2. The van der Waals surface area contributed by atoms with Gasteiger partial charge in [0, 0.05) is 42.3 Å². The number of ether oxygens (including phenoxy) is 3. The zero-order valence-electron chi connectivity index (χ0n) is 29.6. The number of aromatic nitrogens is 1. The number of hydrogen-bond acceptors (Lipinski definition) is 9. The summed E-state index contributed by atoms with van der Waals surface area (Å²) in [6, 6.07) is 22.2. The van der Waals surface area contributed by atoms with Gasteiger partial charge in [-0.1, -0.05) is 54.6 Å². The van der Waals surface area contributed by atoms with Gasteiger partial charge in [-0.25, -0.2) is 18.1 Å². The van der Waals surface area contributed by atoms with Gasteiger partial charge in [-0.2, -0.15) is 0 Å². The van der Waals surface area contributed by atoms with Crippen LogP contribution in [0, 0.1) is 5.92 Å². The number of nitrogens with one attached hydrogen (secondary N) is 2. The standard InChI is InChI=1S/C40H42N4O8S/c1-26(45)44-25-30(52-36-23-32(27-13-7-6-8-14-27)41-33-21-29(50-2)18-19-31(33)36)22-34(44)38(46)42-40-24-28(40)15-9-4-3-5-12-20-51-35-16-10-11-17-37(35)53(48,49)43-39(40)47/h6-11,13-19,21,23,28,30,34H,3-5,12,20,22,24-25H2,1-2H3,(H,42,46)(H,43,47)/b15-9+/t28-,30-,34+,40-/m1/s1. The minimum Gasteiger partial charge on any atom is -0.497 e. The van der Waals surface area contributed by atoms with Crippen molar-refractivity contribution in [2.45, 2.75) is 68.0 Å². The Morgan fingerprint density at radius 2 is 1.81 bits per heavy atom. The normalized spacial score (nSPS) is 24.6. The van der Waals surface area contributed by atoms with Gasteiger partial charge < -0.3 is 24.4 Å². The van der Waals surface area contributed by atoms with Crippen LogP contribution in [0.3, 0.4) is 0 Å². The second-order valence-electron chi connectivity index (χ2n) is 13.7. The fourth-order valence-corrected chi connectivity index (χ4v) is 8.33. The molecule has 4 atom stereocenters. The largest absolute Gasteiger partial charge is 0.497 e. The molecule has 276 valence electrons. The van der Waals surface area contributed by atoms with Crippen molar-refractivity contribution in [3.63, 3.8) is 0 Å². The highest BCUT2D eigenvalue weighted by atomic mass is 32.2. The lowest BCUT2D eigenvalue weighted by molar-refractivity contribution is -0.138. The first-order valence-corrected chi connectivity index (χ1v) is 19.3. The highest BCUT2D eigenvalue weighted by Gasteiger charge is 2.61. The molecule has 2 N–H and O–H groups in total. The summed E-state index contributed by atoms with van der Waals surface area (Å²) in [5.74, 6) is -0.861. The molecule has 0 radical (unpaired) electrons. The number of carbonyl (C=O) groups is 3. The third kappa shape index (κ3) is 7.57. The lowest BCUT2D eigenvalue weighted by atomic mass is 10.1. The average Bonchev–Trinajstić information content (AvgIpc) is 3.68. The number of allylic oxidation sites excluding steroid dienone is 1. The van der Waals surface area contributed by atoms with Crippen LogP contribution in [-0.4, -0.2) is 74.0 Å². The first kappa shape index (κ1) is 36.0. The molecule has 12 nitrogen and oxygen atoms in total. The van der Waals surface area contributed by atoms with E-state index in [0.29, 0.717) is 29.3 Å². The van der Waals surface area contributed by atoms with Gasteiger partial charge in [0.15, 0.2) is 0 Å². The van der Waals surface area contributed by atoms with Crippen molar-refractivity contribution in [2.24, 2.45) is 5.92 Å². The smallest absolute Gasteiger partial charge is 0.267 e. The molecule has 1 aromatic heterocycles. The Morgan fingerprint density at radius 3 is 2.60 bits per heavy atom. The molecule has 1 aliphatic carbocycles. The van der Waals surface area contributed by atoms with E-state index < -0.39 is 45.4 Å². The van der Waals surface area contributed by atoms with Crippen molar-refractivity contribution >= 4 is 38.6 Å². The first-order valence-electron chi connectivity index (χ1n) is 17.8. The number of pyridine rings is 1. The van der Waals surface area contributed by atoms with Crippen LogP contribution in [0.5, 0.6) is 17.2 Å². The predicted molar refractivity (Wildman–Crippen MR) is 198 cm³/mol. The van der Waals surface area contributed by atoms with E-state index in [4.69, 9.17) is 19.2 Å². The van der Waals surface area contributed by atoms with Gasteiger partial charge >= 0.3 is 0 Å². The lowest BCUT2D eigenvalue weighted by Crippen LogP contribution is -2.56. The molecule has 4 aromatic rings. The molecule has 3 aliphatic rings. The summed E-state index contributed by atoms with van der Waals surface area (Å²) in [5, 5.41) is 3.62. The minimum absolute atomic E-state index is 0.127. The molecule has 13 heteroatoms. The summed E-state index contributed by atoms with van der Waals surface area (Å²) in [5.41, 5.74) is 0.702. The third-order valence-electron chi connectivity index (χ3n) is 10.1. The number of rotatable bonds is 6. The molecule has 3 heterocycles. The molecule has 53 heavy (non-hydrogen) atoms. The van der Waals surface area contributed by atoms with Crippen molar-refractivity contribution < 1.29 is 37.0 Å². The summed E-state index contributed by atoms with van der Waals surface area (Å²) in [6.45, 7) is 1.85. The number of benzene rings is 3. The Kier molecular flexibility index (Phi) is 10.1. The molecule has 0 unspecified atom stereocenters. The summed E-state index contributed by atoms with van der Waals surface area (Å²) in [6.07, 6.45) is 6.90. The molecule has 7 rings (SSSR count). The second-order valence-corrected chi connectivity index (χ2v) is 15.3. The highest BCUT2D eigenvalue weighted by Crippen LogP contribution is 2.46. The van der Waals surface area contributed by atoms with Crippen molar-refractivity contribution in [3.8, 4) is 28.5 Å². The zero-order valence-corrected chi connectivity index (χ0v) is 30.4. The van der Waals surface area contributed by atoms with Gasteiger partial charge in [-0.05, 0) is 56.4 Å². The second kappa shape index (κ2) is 14.9. The van der Waals surface area contributed by atoms with Crippen LogP contribution in [0.4, 0.5) is 0 Å². The quantitative estimate of drug-likeness (QED) is 0.255. The number of para-hydroxylation sites is 1. The molecular weight excluding hydrogens is 697 g/mol. The maximum Gasteiger partial charge on any atom is 0.267 e. The van der Waals surface area contributed by atoms with Crippen LogP contribution < -0.4 is 24.2 Å². The predicted octanol–water partition coefficient (Wildman–Crippen LogP) is 5.17. The van der Waals surface area contributed by atoms with E-state index in [2.05, 4.69) is 10.0 Å². The summed E-state index contributed by atoms with van der Waals surface area (Å²) in [4.78, 5) is 47.2. The van der Waals surface area contributed by atoms with Crippen molar-refractivity contribution in [1.29, 1.82) is 0 Å². The van der Waals surface area contributed by atoms with Gasteiger partial charge in [0.05, 0.1) is 31.5 Å². The summed E-state index contributed by atoms with van der Waals surface area (Å²) in [7, 11) is -2.77. The van der Waals surface area contributed by atoms with Gasteiger partial charge in [0.2, 0.25) is 11.8 Å². The van der Waals surface area contributed by atoms with Gasteiger partial charge in [0.1, 0.15) is 39.8 Å². The Morgan fingerprint density at radius 1 is 1.02 bits per heavy atom. The van der Waals surface area contributed by atoms with Gasteiger partial charge in [-0.15, -0.1) is 0 Å². The lowest BCUT2D eigenvalue weighted by Gasteiger charge is -2.25. The Hall–Kier alpha value is -5.43. The molecule has 0 spiro atoms. The van der Waals surface area contributed by atoms with Crippen LogP contribution in [-0.2, 0) is 24.4 Å². The highest BCUT2D eigenvalue weighted by molar-refractivity contribution is 7.90. The van der Waals surface area contributed by atoms with Crippen molar-refractivity contribution in [1.82, 2.24) is 19.9 Å². The Balaban J connectivity index is 1.15. The molecule has 1 saturated carbocycles. The van der Waals surface area contributed by atoms with Crippen molar-refractivity contribution in [3.05, 3.63) is 91.0 Å². The number of amides is 3. The molecule has 3 amide bonds. The number of methoxy groups -OCH3 is 1. The Bertz CT molecular complexity index is 2180. The fourth-order valence-electron chi connectivity index (χ4n) is 7.14. The van der Waals surface area contributed by atoms with Crippen LogP contribution >= 0.6 is 0 Å². The maximum absolute atomic E-state index is 14.1. The molecule has 1 saturated heterocycles. The first-order chi connectivity index (χ1) is 25.6. The molecule has 2 fully saturated rings.